The van der Waals surface area contributed by atoms with Crippen molar-refractivity contribution in [2.45, 2.75) is 51.3 Å². The van der Waals surface area contributed by atoms with Crippen molar-refractivity contribution in [3.05, 3.63) is 58.1 Å². The quantitative estimate of drug-likeness (QED) is 0.408. The summed E-state index contributed by atoms with van der Waals surface area (Å²) >= 11 is 3.74. The lowest BCUT2D eigenvalue weighted by Gasteiger charge is -2.32. The number of halogens is 1. The molecule has 0 aliphatic carbocycles. The van der Waals surface area contributed by atoms with E-state index in [1.54, 1.807) is 7.11 Å². The Bertz CT molecular complexity index is 798. The maximum atomic E-state index is 6.44. The second-order valence-corrected chi connectivity index (χ2v) is 8.92. The van der Waals surface area contributed by atoms with Crippen molar-refractivity contribution in [2.24, 2.45) is 5.84 Å². The van der Waals surface area contributed by atoms with E-state index < -0.39 is 0 Å². The van der Waals surface area contributed by atoms with Crippen LogP contribution in [-0.2, 0) is 11.3 Å². The fourth-order valence-electron chi connectivity index (χ4n) is 3.64. The van der Waals surface area contributed by atoms with Crippen LogP contribution in [0, 0.1) is 0 Å². The van der Waals surface area contributed by atoms with Gasteiger partial charge >= 0.3 is 0 Å². The molecule has 2 aromatic carbocycles. The molecule has 0 radical (unpaired) electrons. The van der Waals surface area contributed by atoms with Crippen molar-refractivity contribution in [3.8, 4) is 11.5 Å². The summed E-state index contributed by atoms with van der Waals surface area (Å²) in [5.74, 6) is 7.91. The molecule has 0 saturated carbocycles. The van der Waals surface area contributed by atoms with Gasteiger partial charge in [-0.05, 0) is 49.9 Å². The van der Waals surface area contributed by atoms with Gasteiger partial charge in [0.15, 0.2) is 11.5 Å². The Kier molecular flexibility index (Phi) is 7.57. The molecule has 0 amide bonds. The second-order valence-electron chi connectivity index (χ2n) is 8.06. The van der Waals surface area contributed by atoms with Crippen LogP contribution in [0.1, 0.15) is 50.3 Å². The molecule has 2 aromatic rings. The van der Waals surface area contributed by atoms with Crippen molar-refractivity contribution in [1.29, 1.82) is 0 Å². The van der Waals surface area contributed by atoms with Gasteiger partial charge in [0.1, 0.15) is 6.61 Å². The van der Waals surface area contributed by atoms with Gasteiger partial charge in [-0.3, -0.25) is 5.84 Å². The molecule has 1 atom stereocenters. The van der Waals surface area contributed by atoms with Gasteiger partial charge < -0.3 is 14.2 Å². The number of hydrogen-bond donors (Lipinski definition) is 1. The zero-order valence-corrected chi connectivity index (χ0v) is 19.1. The second kappa shape index (κ2) is 9.94. The smallest absolute Gasteiger partial charge is 0.162 e. The van der Waals surface area contributed by atoms with Gasteiger partial charge in [-0.25, -0.2) is 5.01 Å². The molecule has 0 unspecified atom stereocenters. The molecule has 2 N–H and O–H groups in total. The van der Waals surface area contributed by atoms with E-state index in [2.05, 4.69) is 48.0 Å². The predicted molar refractivity (Wildman–Crippen MR) is 119 cm³/mol. The summed E-state index contributed by atoms with van der Waals surface area (Å²) in [7, 11) is 1.70. The zero-order valence-electron chi connectivity index (χ0n) is 17.5. The number of rotatable bonds is 9. The van der Waals surface area contributed by atoms with Crippen LogP contribution in [0.15, 0.2) is 46.9 Å². The molecule has 0 bridgehead atoms. The minimum Gasteiger partial charge on any atom is -0.490 e. The van der Waals surface area contributed by atoms with Crippen LogP contribution in [0.25, 0.3) is 0 Å². The Hall–Kier alpha value is -1.60. The number of benzene rings is 2. The molecule has 0 aromatic heterocycles. The highest BCUT2D eigenvalue weighted by Crippen LogP contribution is 2.45. The summed E-state index contributed by atoms with van der Waals surface area (Å²) in [5.41, 5.74) is 2.22. The number of nitrogens with two attached hydrogens (primary N) is 1. The molecular formula is C23H31BrN2O3. The molecule has 29 heavy (non-hydrogen) atoms. The molecular weight excluding hydrogens is 432 g/mol. The molecule has 158 valence electrons. The van der Waals surface area contributed by atoms with E-state index >= 15 is 0 Å². The fraction of sp³-hybridized carbons (Fsp3) is 0.478. The van der Waals surface area contributed by atoms with Crippen LogP contribution >= 0.6 is 15.9 Å². The molecule has 1 fully saturated rings. The normalized spacial score (nSPS) is 18.7. The van der Waals surface area contributed by atoms with Gasteiger partial charge in [0, 0.05) is 30.1 Å². The number of hydrazine groups is 1. The third-order valence-electron chi connectivity index (χ3n) is 5.47. The highest BCUT2D eigenvalue weighted by Gasteiger charge is 2.39. The van der Waals surface area contributed by atoms with Crippen molar-refractivity contribution in [1.82, 2.24) is 5.01 Å². The van der Waals surface area contributed by atoms with Crippen LogP contribution in [0.5, 0.6) is 11.5 Å². The topological polar surface area (TPSA) is 57.0 Å². The van der Waals surface area contributed by atoms with Crippen LogP contribution in [0.2, 0.25) is 0 Å². The molecule has 1 aliphatic rings. The Morgan fingerprint density at radius 2 is 1.83 bits per heavy atom. The lowest BCUT2D eigenvalue weighted by atomic mass is 10.0. The van der Waals surface area contributed by atoms with Crippen molar-refractivity contribution in [3.63, 3.8) is 0 Å². The fourth-order valence-corrected chi connectivity index (χ4v) is 4.22. The molecule has 3 rings (SSSR count). The monoisotopic (exact) mass is 462 g/mol. The van der Waals surface area contributed by atoms with Gasteiger partial charge in [-0.2, -0.15) is 0 Å². The standard InChI is InChI=1S/C23H31BrN2O3/c1-23(2)11-10-20(26(23)25)18-14-21(28-13-7-12-27-3)22(15-19(18)24)29-16-17-8-5-4-6-9-17/h4-6,8-9,14-15,20H,7,10-13,16,25H2,1-3H3/t20-/m0/s1. The van der Waals surface area contributed by atoms with E-state index in [9.17, 15) is 0 Å². The average Bonchev–Trinajstić information content (AvgIpc) is 2.98. The zero-order chi connectivity index (χ0) is 20.9. The molecule has 1 saturated heterocycles. The Labute approximate surface area is 182 Å². The SMILES string of the molecule is COCCCOc1cc([C@@H]2CCC(C)(C)N2N)c(Br)cc1OCc1ccccc1. The number of hydrogen-bond acceptors (Lipinski definition) is 5. The summed E-state index contributed by atoms with van der Waals surface area (Å²) in [6, 6.07) is 14.3. The summed E-state index contributed by atoms with van der Waals surface area (Å²) < 4.78 is 18.3. The minimum atomic E-state index is -0.0218. The summed E-state index contributed by atoms with van der Waals surface area (Å²) in [4.78, 5) is 0. The molecule has 1 heterocycles. The maximum absolute atomic E-state index is 6.44. The first-order chi connectivity index (χ1) is 13.9. The number of methoxy groups -OCH3 is 1. The third kappa shape index (κ3) is 5.51. The van der Waals surface area contributed by atoms with Crippen LogP contribution in [0.3, 0.4) is 0 Å². The Balaban J connectivity index is 1.83. The largest absolute Gasteiger partial charge is 0.490 e. The van der Waals surface area contributed by atoms with E-state index in [4.69, 9.17) is 20.1 Å². The van der Waals surface area contributed by atoms with Gasteiger partial charge in [-0.15, -0.1) is 0 Å². The Morgan fingerprint density at radius 1 is 1.10 bits per heavy atom. The number of nitrogens with zero attached hydrogens (tertiary/aromatic N) is 1. The van der Waals surface area contributed by atoms with Crippen LogP contribution in [-0.4, -0.2) is 30.9 Å². The van der Waals surface area contributed by atoms with E-state index in [0.29, 0.717) is 19.8 Å². The van der Waals surface area contributed by atoms with Crippen molar-refractivity contribution < 1.29 is 14.2 Å². The lowest BCUT2D eigenvalue weighted by Crippen LogP contribution is -2.44. The van der Waals surface area contributed by atoms with E-state index in [-0.39, 0.29) is 11.6 Å². The molecule has 1 aliphatic heterocycles. The molecule has 6 heteroatoms. The van der Waals surface area contributed by atoms with Gasteiger partial charge in [-0.1, -0.05) is 46.3 Å². The first kappa shape index (κ1) is 22.1. The summed E-state index contributed by atoms with van der Waals surface area (Å²) in [5, 5.41) is 1.96. The highest BCUT2D eigenvalue weighted by molar-refractivity contribution is 9.10. The average molecular weight is 463 g/mol. The minimum absolute atomic E-state index is 0.0218. The van der Waals surface area contributed by atoms with E-state index in [1.165, 1.54) is 0 Å². The third-order valence-corrected chi connectivity index (χ3v) is 6.16. The first-order valence-electron chi connectivity index (χ1n) is 10.1. The molecule has 0 spiro atoms. The lowest BCUT2D eigenvalue weighted by molar-refractivity contribution is 0.130. The van der Waals surface area contributed by atoms with Gasteiger partial charge in [0.25, 0.3) is 0 Å². The number of ether oxygens (including phenoxy) is 3. The molecule has 5 nitrogen and oxygen atoms in total. The highest BCUT2D eigenvalue weighted by atomic mass is 79.9. The maximum Gasteiger partial charge on any atom is 0.162 e. The first-order valence-corrected chi connectivity index (χ1v) is 10.9. The summed E-state index contributed by atoms with van der Waals surface area (Å²) in [6.07, 6.45) is 2.88. The van der Waals surface area contributed by atoms with E-state index in [0.717, 1.165) is 46.4 Å². The van der Waals surface area contributed by atoms with Gasteiger partial charge in [0.2, 0.25) is 0 Å². The Morgan fingerprint density at radius 3 is 2.48 bits per heavy atom. The van der Waals surface area contributed by atoms with Crippen molar-refractivity contribution >= 4 is 15.9 Å². The van der Waals surface area contributed by atoms with Crippen LogP contribution in [0.4, 0.5) is 0 Å². The predicted octanol–water partition coefficient (Wildman–Crippen LogP) is 5.23. The van der Waals surface area contributed by atoms with Crippen LogP contribution < -0.4 is 15.3 Å². The summed E-state index contributed by atoms with van der Waals surface area (Å²) in [6.45, 7) is 6.08. The van der Waals surface area contributed by atoms with E-state index in [1.807, 2.05) is 29.3 Å². The van der Waals surface area contributed by atoms with Gasteiger partial charge in [0.05, 0.1) is 12.6 Å². The van der Waals surface area contributed by atoms with Crippen molar-refractivity contribution in [2.75, 3.05) is 20.3 Å².